The first-order valence-corrected chi connectivity index (χ1v) is 5.58. The number of aromatic nitrogens is 1. The van der Waals surface area contributed by atoms with Gasteiger partial charge in [0.1, 0.15) is 5.82 Å². The first kappa shape index (κ1) is 11.1. The lowest BCUT2D eigenvalue weighted by molar-refractivity contribution is -0.123. The van der Waals surface area contributed by atoms with E-state index in [1.807, 2.05) is 0 Å². The predicted molar refractivity (Wildman–Crippen MR) is 61.6 cm³/mol. The number of carbonyl (C=O) groups is 2. The van der Waals surface area contributed by atoms with Crippen LogP contribution in [0.4, 0.5) is 5.82 Å². The largest absolute Gasteiger partial charge is 0.369 e. The van der Waals surface area contributed by atoms with Crippen molar-refractivity contribution in [1.29, 1.82) is 0 Å². The number of primary amides is 1. The van der Waals surface area contributed by atoms with Gasteiger partial charge in [-0.25, -0.2) is 4.98 Å². The molecule has 1 aromatic rings. The van der Waals surface area contributed by atoms with Gasteiger partial charge >= 0.3 is 0 Å². The molecule has 0 spiro atoms. The Morgan fingerprint density at radius 3 is 2.81 bits per heavy atom. The molecule has 6 heteroatoms. The molecule has 5 nitrogen and oxygen atoms in total. The van der Waals surface area contributed by atoms with Gasteiger partial charge in [0.05, 0.1) is 5.92 Å². The van der Waals surface area contributed by atoms with Crippen LogP contribution in [0.2, 0.25) is 0 Å². The zero-order chi connectivity index (χ0) is 11.7. The van der Waals surface area contributed by atoms with Gasteiger partial charge in [0, 0.05) is 23.6 Å². The fourth-order valence-corrected chi connectivity index (χ4v) is 1.88. The molecular formula is C10H10BrN3O2. The van der Waals surface area contributed by atoms with Crippen molar-refractivity contribution in [3.05, 3.63) is 22.8 Å². The van der Waals surface area contributed by atoms with Crippen LogP contribution in [0, 0.1) is 5.92 Å². The van der Waals surface area contributed by atoms with E-state index in [9.17, 15) is 9.59 Å². The molecule has 16 heavy (non-hydrogen) atoms. The molecule has 1 fully saturated rings. The fraction of sp³-hybridized carbons (Fsp3) is 0.300. The second-order valence-electron chi connectivity index (χ2n) is 3.64. The monoisotopic (exact) mass is 283 g/mol. The highest BCUT2D eigenvalue weighted by Gasteiger charge is 2.34. The fourth-order valence-electron chi connectivity index (χ4n) is 1.65. The van der Waals surface area contributed by atoms with Crippen molar-refractivity contribution < 1.29 is 9.59 Å². The smallest absolute Gasteiger partial charge is 0.229 e. The highest BCUT2D eigenvalue weighted by Crippen LogP contribution is 2.23. The Kier molecular flexibility index (Phi) is 2.91. The molecule has 2 amide bonds. The number of halogens is 1. The van der Waals surface area contributed by atoms with Gasteiger partial charge in [-0.1, -0.05) is 0 Å². The van der Waals surface area contributed by atoms with Crippen LogP contribution in [-0.2, 0) is 9.59 Å². The molecule has 2 heterocycles. The number of anilines is 1. The summed E-state index contributed by atoms with van der Waals surface area (Å²) in [5.74, 6) is -0.401. The highest BCUT2D eigenvalue weighted by atomic mass is 79.9. The van der Waals surface area contributed by atoms with Crippen LogP contribution < -0.4 is 10.6 Å². The molecule has 2 N–H and O–H groups in total. The second-order valence-corrected chi connectivity index (χ2v) is 4.56. The molecule has 0 bridgehead atoms. The molecule has 0 aromatic carbocycles. The van der Waals surface area contributed by atoms with Crippen molar-refractivity contribution in [2.45, 2.75) is 6.42 Å². The molecule has 1 aliphatic heterocycles. The third-order valence-corrected chi connectivity index (χ3v) is 2.98. The summed E-state index contributed by atoms with van der Waals surface area (Å²) >= 11 is 3.26. The summed E-state index contributed by atoms with van der Waals surface area (Å²) in [6.45, 7) is 0.322. The topological polar surface area (TPSA) is 76.3 Å². The molecule has 1 atom stereocenters. The van der Waals surface area contributed by atoms with Gasteiger partial charge in [-0.3, -0.25) is 14.5 Å². The Hall–Kier alpha value is -1.43. The van der Waals surface area contributed by atoms with Crippen LogP contribution in [0.25, 0.3) is 0 Å². The van der Waals surface area contributed by atoms with Crippen molar-refractivity contribution in [2.75, 3.05) is 11.4 Å². The van der Waals surface area contributed by atoms with E-state index < -0.39 is 11.8 Å². The van der Waals surface area contributed by atoms with Crippen molar-refractivity contribution in [2.24, 2.45) is 11.7 Å². The van der Waals surface area contributed by atoms with Gasteiger partial charge in [0.2, 0.25) is 11.8 Å². The highest BCUT2D eigenvalue weighted by molar-refractivity contribution is 9.10. The van der Waals surface area contributed by atoms with Crippen molar-refractivity contribution in [3.63, 3.8) is 0 Å². The van der Waals surface area contributed by atoms with Crippen LogP contribution >= 0.6 is 15.9 Å². The van der Waals surface area contributed by atoms with Crippen molar-refractivity contribution in [1.82, 2.24) is 4.98 Å². The van der Waals surface area contributed by atoms with E-state index in [1.54, 1.807) is 18.3 Å². The van der Waals surface area contributed by atoms with Crippen molar-refractivity contribution in [3.8, 4) is 0 Å². The molecule has 1 unspecified atom stereocenters. The molecule has 0 radical (unpaired) electrons. The Morgan fingerprint density at radius 1 is 1.56 bits per heavy atom. The van der Waals surface area contributed by atoms with E-state index in [0.29, 0.717) is 12.4 Å². The molecule has 84 valence electrons. The number of rotatable bonds is 2. The number of hydrogen-bond acceptors (Lipinski definition) is 3. The summed E-state index contributed by atoms with van der Waals surface area (Å²) < 4.78 is 0.842. The Labute approximate surface area is 101 Å². The summed E-state index contributed by atoms with van der Waals surface area (Å²) in [4.78, 5) is 28.2. The Bertz CT molecular complexity index is 432. The summed E-state index contributed by atoms with van der Waals surface area (Å²) in [6.07, 6.45) is 1.79. The minimum atomic E-state index is -0.437. The van der Waals surface area contributed by atoms with Gasteiger partial charge in [0.25, 0.3) is 0 Å². The molecular weight excluding hydrogens is 274 g/mol. The standard InChI is InChI=1S/C10H10BrN3O2/c11-7-1-2-8(13-4-7)14-5-6(10(12)16)3-9(14)15/h1-2,4,6H,3,5H2,(H2,12,16). The number of hydrogen-bond donors (Lipinski definition) is 1. The normalized spacial score (nSPS) is 20.2. The third-order valence-electron chi connectivity index (χ3n) is 2.52. The zero-order valence-electron chi connectivity index (χ0n) is 8.39. The molecule has 2 rings (SSSR count). The number of nitrogens with zero attached hydrogens (tertiary/aromatic N) is 2. The van der Waals surface area contributed by atoms with E-state index in [4.69, 9.17) is 5.73 Å². The Morgan fingerprint density at radius 2 is 2.31 bits per heavy atom. The summed E-state index contributed by atoms with van der Waals surface area (Å²) in [7, 11) is 0. The molecule has 0 saturated carbocycles. The quantitative estimate of drug-likeness (QED) is 0.867. The average Bonchev–Trinajstić information content (AvgIpc) is 2.62. The van der Waals surface area contributed by atoms with Gasteiger partial charge in [-0.05, 0) is 28.1 Å². The maximum atomic E-state index is 11.6. The number of pyridine rings is 1. The molecule has 1 aliphatic rings. The Balaban J connectivity index is 2.20. The molecule has 0 aliphatic carbocycles. The van der Waals surface area contributed by atoms with Gasteiger partial charge in [0.15, 0.2) is 0 Å². The first-order chi connectivity index (χ1) is 7.58. The molecule has 1 saturated heterocycles. The van der Waals surface area contributed by atoms with E-state index in [1.165, 1.54) is 4.90 Å². The summed E-state index contributed by atoms with van der Waals surface area (Å²) in [5, 5.41) is 0. The number of amides is 2. The lowest BCUT2D eigenvalue weighted by Crippen LogP contribution is -2.28. The van der Waals surface area contributed by atoms with Crippen LogP contribution in [0.15, 0.2) is 22.8 Å². The maximum absolute atomic E-state index is 11.6. The second kappa shape index (κ2) is 4.21. The van der Waals surface area contributed by atoms with Crippen LogP contribution in [0.5, 0.6) is 0 Å². The lowest BCUT2D eigenvalue weighted by Gasteiger charge is -2.14. The summed E-state index contributed by atoms with van der Waals surface area (Å²) in [6, 6.07) is 3.53. The van der Waals surface area contributed by atoms with Gasteiger partial charge in [-0.15, -0.1) is 0 Å². The zero-order valence-corrected chi connectivity index (χ0v) is 9.98. The van der Waals surface area contributed by atoms with E-state index in [0.717, 1.165) is 4.47 Å². The SMILES string of the molecule is NC(=O)C1CC(=O)N(c2ccc(Br)cn2)C1. The van der Waals surface area contributed by atoms with E-state index >= 15 is 0 Å². The van der Waals surface area contributed by atoms with E-state index in [2.05, 4.69) is 20.9 Å². The maximum Gasteiger partial charge on any atom is 0.229 e. The first-order valence-electron chi connectivity index (χ1n) is 4.79. The lowest BCUT2D eigenvalue weighted by atomic mass is 10.1. The predicted octanol–water partition coefficient (Wildman–Crippen LogP) is 0.682. The van der Waals surface area contributed by atoms with Gasteiger partial charge < -0.3 is 5.73 Å². The minimum absolute atomic E-state index is 0.112. The average molecular weight is 284 g/mol. The molecule has 1 aromatic heterocycles. The summed E-state index contributed by atoms with van der Waals surface area (Å²) in [5.41, 5.74) is 5.18. The number of nitrogens with two attached hydrogens (primary N) is 1. The van der Waals surface area contributed by atoms with Gasteiger partial charge in [-0.2, -0.15) is 0 Å². The number of carbonyl (C=O) groups excluding carboxylic acids is 2. The van der Waals surface area contributed by atoms with Crippen LogP contribution in [0.1, 0.15) is 6.42 Å². The van der Waals surface area contributed by atoms with Crippen molar-refractivity contribution >= 4 is 33.6 Å². The third kappa shape index (κ3) is 2.06. The van der Waals surface area contributed by atoms with Crippen LogP contribution in [0.3, 0.4) is 0 Å². The van der Waals surface area contributed by atoms with Crippen LogP contribution in [-0.4, -0.2) is 23.3 Å². The minimum Gasteiger partial charge on any atom is -0.369 e. The van der Waals surface area contributed by atoms with E-state index in [-0.39, 0.29) is 12.3 Å².